The zero-order valence-corrected chi connectivity index (χ0v) is 17.3. The van der Waals surface area contributed by atoms with Crippen LogP contribution in [-0.4, -0.2) is 55.6 Å². The van der Waals surface area contributed by atoms with E-state index in [0.717, 1.165) is 31.9 Å². The summed E-state index contributed by atoms with van der Waals surface area (Å²) in [5.74, 6) is 0.728. The van der Waals surface area contributed by atoms with Crippen LogP contribution in [0, 0.1) is 10.1 Å². The Balaban J connectivity index is 1.39. The van der Waals surface area contributed by atoms with Gasteiger partial charge >= 0.3 is 0 Å². The highest BCUT2D eigenvalue weighted by atomic mass is 35.5. The molecule has 0 aliphatic carbocycles. The summed E-state index contributed by atoms with van der Waals surface area (Å²) in [6, 6.07) is 14.2. The Morgan fingerprint density at radius 3 is 2.23 bits per heavy atom. The molecule has 2 aliphatic rings. The number of ether oxygens (including phenoxy) is 1. The zero-order chi connectivity index (χ0) is 21.1. The highest BCUT2D eigenvalue weighted by molar-refractivity contribution is 6.42. The van der Waals surface area contributed by atoms with Crippen molar-refractivity contribution in [3.8, 4) is 5.75 Å². The second-order valence-corrected chi connectivity index (χ2v) is 7.62. The molecule has 0 amide bonds. The number of halogens is 1. The van der Waals surface area contributed by atoms with Crippen LogP contribution in [0.4, 0.5) is 17.1 Å². The summed E-state index contributed by atoms with van der Waals surface area (Å²) < 4.78 is 5.68. The number of anilines is 2. The largest absolute Gasteiger partial charge is 0.438 e. The summed E-state index contributed by atoms with van der Waals surface area (Å²) in [5, 5.41) is 11.1. The average Bonchev–Trinajstić information content (AvgIpc) is 2.76. The van der Waals surface area contributed by atoms with Gasteiger partial charge in [0, 0.05) is 55.9 Å². The number of nitro groups is 1. The van der Waals surface area contributed by atoms with Crippen molar-refractivity contribution in [2.24, 2.45) is 4.99 Å². The van der Waals surface area contributed by atoms with Gasteiger partial charge < -0.3 is 19.4 Å². The van der Waals surface area contributed by atoms with Crippen LogP contribution in [0.1, 0.15) is 0 Å². The number of benzene rings is 2. The predicted molar refractivity (Wildman–Crippen MR) is 119 cm³/mol. The van der Waals surface area contributed by atoms with E-state index in [4.69, 9.17) is 16.3 Å². The Labute approximate surface area is 179 Å². The molecule has 156 valence electrons. The van der Waals surface area contributed by atoms with Gasteiger partial charge in [0.2, 0.25) is 5.90 Å². The molecule has 4 rings (SSSR count). The fourth-order valence-electron chi connectivity index (χ4n) is 3.35. The van der Waals surface area contributed by atoms with Crippen LogP contribution >= 0.6 is 11.6 Å². The van der Waals surface area contributed by atoms with E-state index < -0.39 is 4.92 Å². The van der Waals surface area contributed by atoms with E-state index in [0.29, 0.717) is 17.5 Å². The highest BCUT2D eigenvalue weighted by Crippen LogP contribution is 2.26. The molecule has 2 aliphatic heterocycles. The maximum Gasteiger partial charge on any atom is 0.269 e. The van der Waals surface area contributed by atoms with E-state index in [1.807, 2.05) is 4.90 Å². The Bertz CT molecular complexity index is 967. The van der Waals surface area contributed by atoms with Crippen LogP contribution in [0.5, 0.6) is 5.75 Å². The maximum atomic E-state index is 10.7. The third-order valence-corrected chi connectivity index (χ3v) is 5.41. The Hall–Kier alpha value is -3.10. The molecule has 2 aromatic carbocycles. The lowest BCUT2D eigenvalue weighted by Gasteiger charge is -2.34. The van der Waals surface area contributed by atoms with Gasteiger partial charge in [-0.15, -0.1) is 0 Å². The van der Waals surface area contributed by atoms with Gasteiger partial charge in [-0.1, -0.05) is 11.6 Å². The third kappa shape index (κ3) is 4.55. The van der Waals surface area contributed by atoms with E-state index in [1.54, 1.807) is 6.20 Å². The van der Waals surface area contributed by atoms with Crippen LogP contribution in [0.3, 0.4) is 0 Å². The molecule has 0 bridgehead atoms. The lowest BCUT2D eigenvalue weighted by Crippen LogP contribution is -2.44. The van der Waals surface area contributed by atoms with E-state index >= 15 is 0 Å². The van der Waals surface area contributed by atoms with Crippen LogP contribution in [0.2, 0.25) is 0 Å². The topological polar surface area (TPSA) is 74.5 Å². The molecule has 1 saturated heterocycles. The Kier molecular flexibility index (Phi) is 5.87. The number of likely N-dealkylation sites (N-methyl/N-ethyl adjacent to an activating group) is 1. The number of aliphatic imine (C=N–C) groups is 1. The molecule has 0 unspecified atom stereocenters. The van der Waals surface area contributed by atoms with E-state index in [-0.39, 0.29) is 11.6 Å². The van der Waals surface area contributed by atoms with E-state index in [1.165, 1.54) is 30.0 Å². The fraction of sp³-hybridized carbons (Fsp3) is 0.286. The number of piperazine rings is 1. The van der Waals surface area contributed by atoms with Gasteiger partial charge in [0.05, 0.1) is 4.92 Å². The summed E-state index contributed by atoms with van der Waals surface area (Å²) >= 11 is 6.37. The summed E-state index contributed by atoms with van der Waals surface area (Å²) in [7, 11) is 2.15. The SMILES string of the molecule is CN1CCN(c2ccc(N3C=C(Cl)C(Oc4ccc([N+](=O)[O-])cc4)=NC3)cc2)CC1. The quantitative estimate of drug-likeness (QED) is 0.547. The van der Waals surface area contributed by atoms with Gasteiger partial charge in [-0.2, -0.15) is 0 Å². The lowest BCUT2D eigenvalue weighted by atomic mass is 10.2. The third-order valence-electron chi connectivity index (χ3n) is 5.15. The van der Waals surface area contributed by atoms with Crippen LogP contribution in [0.15, 0.2) is 64.8 Å². The zero-order valence-electron chi connectivity index (χ0n) is 16.6. The maximum absolute atomic E-state index is 10.7. The summed E-state index contributed by atoms with van der Waals surface area (Å²) in [6.07, 6.45) is 1.78. The van der Waals surface area contributed by atoms with Gasteiger partial charge in [-0.25, -0.2) is 4.99 Å². The highest BCUT2D eigenvalue weighted by Gasteiger charge is 2.18. The lowest BCUT2D eigenvalue weighted by molar-refractivity contribution is -0.384. The molecular formula is C21H22ClN5O3. The van der Waals surface area contributed by atoms with Crippen molar-refractivity contribution in [2.75, 3.05) is 49.7 Å². The van der Waals surface area contributed by atoms with Gasteiger partial charge in [-0.05, 0) is 43.4 Å². The van der Waals surface area contributed by atoms with Crippen molar-refractivity contribution in [1.29, 1.82) is 0 Å². The molecule has 0 saturated carbocycles. The molecule has 0 N–H and O–H groups in total. The monoisotopic (exact) mass is 427 g/mol. The van der Waals surface area contributed by atoms with Crippen molar-refractivity contribution in [3.63, 3.8) is 0 Å². The molecule has 8 nitrogen and oxygen atoms in total. The molecule has 0 spiro atoms. The number of non-ortho nitro benzene ring substituents is 1. The first-order valence-electron chi connectivity index (χ1n) is 9.64. The first-order chi connectivity index (χ1) is 14.5. The first-order valence-corrected chi connectivity index (χ1v) is 10.0. The van der Waals surface area contributed by atoms with E-state index in [9.17, 15) is 10.1 Å². The number of nitrogens with zero attached hydrogens (tertiary/aromatic N) is 5. The van der Waals surface area contributed by atoms with Crippen LogP contribution in [-0.2, 0) is 0 Å². The minimum atomic E-state index is -0.457. The number of rotatable bonds is 4. The van der Waals surface area contributed by atoms with Crippen molar-refractivity contribution in [2.45, 2.75) is 0 Å². The van der Waals surface area contributed by atoms with Gasteiger partial charge in [0.25, 0.3) is 5.69 Å². The number of hydrogen-bond donors (Lipinski definition) is 0. The minimum absolute atomic E-state index is 0.000711. The predicted octanol–water partition coefficient (Wildman–Crippen LogP) is 3.68. The molecule has 9 heteroatoms. The van der Waals surface area contributed by atoms with E-state index in [2.05, 4.69) is 46.1 Å². The second kappa shape index (κ2) is 8.73. The molecule has 0 aromatic heterocycles. The normalized spacial score (nSPS) is 17.4. The standard InChI is InChI=1S/C21H22ClN5O3/c1-24-10-12-25(13-11-24)16-2-4-17(5-3-16)26-14-20(22)21(23-15-26)30-19-8-6-18(7-9-19)27(28)29/h2-9,14H,10-13,15H2,1H3. The van der Waals surface area contributed by atoms with Crippen molar-refractivity contribution >= 4 is 34.6 Å². The summed E-state index contributed by atoms with van der Waals surface area (Å²) in [4.78, 5) is 21.4. The smallest absolute Gasteiger partial charge is 0.269 e. The van der Waals surface area contributed by atoms with Gasteiger partial charge in [0.1, 0.15) is 17.5 Å². The minimum Gasteiger partial charge on any atom is -0.438 e. The van der Waals surface area contributed by atoms with Gasteiger partial charge in [0.15, 0.2) is 0 Å². The molecule has 2 aromatic rings. The first kappa shape index (κ1) is 20.2. The fourth-order valence-corrected chi connectivity index (χ4v) is 3.57. The Morgan fingerprint density at radius 1 is 1.00 bits per heavy atom. The van der Waals surface area contributed by atoms with Crippen molar-refractivity contribution < 1.29 is 9.66 Å². The molecule has 1 fully saturated rings. The number of hydrogen-bond acceptors (Lipinski definition) is 7. The second-order valence-electron chi connectivity index (χ2n) is 7.21. The summed E-state index contributed by atoms with van der Waals surface area (Å²) in [6.45, 7) is 4.56. The molecule has 30 heavy (non-hydrogen) atoms. The van der Waals surface area contributed by atoms with Gasteiger partial charge in [-0.3, -0.25) is 10.1 Å². The van der Waals surface area contributed by atoms with Crippen molar-refractivity contribution in [1.82, 2.24) is 4.90 Å². The molecule has 0 atom stereocenters. The van der Waals surface area contributed by atoms with Crippen LogP contribution in [0.25, 0.3) is 0 Å². The van der Waals surface area contributed by atoms with Crippen molar-refractivity contribution in [3.05, 3.63) is 69.9 Å². The van der Waals surface area contributed by atoms with Crippen LogP contribution < -0.4 is 14.5 Å². The molecular weight excluding hydrogens is 406 g/mol. The summed E-state index contributed by atoms with van der Waals surface area (Å²) in [5.41, 5.74) is 2.20. The Morgan fingerprint density at radius 2 is 1.63 bits per heavy atom. The molecule has 2 heterocycles. The average molecular weight is 428 g/mol. The number of nitro benzene ring substituents is 1. The molecule has 0 radical (unpaired) electrons.